The highest BCUT2D eigenvalue weighted by Crippen LogP contribution is 2.25. The molecule has 2 heterocycles. The minimum atomic E-state index is -4.94. The molecule has 2 aromatic heterocycles. The Balaban J connectivity index is 2.08. The van der Waals surface area contributed by atoms with E-state index < -0.39 is 18.4 Å². The first-order valence-electron chi connectivity index (χ1n) is 7.25. The third-order valence-electron chi connectivity index (χ3n) is 3.34. The van der Waals surface area contributed by atoms with Gasteiger partial charge in [-0.05, 0) is 12.1 Å². The summed E-state index contributed by atoms with van der Waals surface area (Å²) in [6.07, 6.45) is -4.35. The SMILES string of the molecule is O=C(Cc1nc(-c2ccccn2)nnc1-c1ccccc1)C(F)(F)F. The molecule has 25 heavy (non-hydrogen) atoms. The number of ketones is 1. The van der Waals surface area contributed by atoms with E-state index in [1.807, 2.05) is 0 Å². The van der Waals surface area contributed by atoms with E-state index >= 15 is 0 Å². The zero-order valence-corrected chi connectivity index (χ0v) is 12.7. The van der Waals surface area contributed by atoms with Crippen LogP contribution in [-0.2, 0) is 11.2 Å². The van der Waals surface area contributed by atoms with Crippen LogP contribution in [-0.4, -0.2) is 32.1 Å². The van der Waals surface area contributed by atoms with Gasteiger partial charge in [0, 0.05) is 11.8 Å². The summed E-state index contributed by atoms with van der Waals surface area (Å²) in [4.78, 5) is 19.6. The third-order valence-corrected chi connectivity index (χ3v) is 3.34. The van der Waals surface area contributed by atoms with Crippen molar-refractivity contribution in [2.45, 2.75) is 12.6 Å². The molecule has 0 aliphatic heterocycles. The lowest BCUT2D eigenvalue weighted by Crippen LogP contribution is -2.25. The van der Waals surface area contributed by atoms with Gasteiger partial charge in [0.1, 0.15) is 11.4 Å². The number of aromatic nitrogens is 4. The van der Waals surface area contributed by atoms with E-state index in [0.29, 0.717) is 11.3 Å². The number of nitrogens with zero attached hydrogens (tertiary/aromatic N) is 4. The summed E-state index contributed by atoms with van der Waals surface area (Å²) < 4.78 is 38.0. The second-order valence-electron chi connectivity index (χ2n) is 5.11. The normalized spacial score (nSPS) is 11.3. The van der Waals surface area contributed by atoms with Gasteiger partial charge < -0.3 is 0 Å². The third kappa shape index (κ3) is 3.85. The van der Waals surface area contributed by atoms with Gasteiger partial charge in [0.05, 0.1) is 12.1 Å². The summed E-state index contributed by atoms with van der Waals surface area (Å²) in [6.45, 7) is 0. The fraction of sp³-hybridized carbons (Fsp3) is 0.118. The maximum Gasteiger partial charge on any atom is 0.450 e. The highest BCUT2D eigenvalue weighted by molar-refractivity contribution is 5.87. The van der Waals surface area contributed by atoms with Crippen molar-refractivity contribution in [1.82, 2.24) is 20.2 Å². The number of halogens is 3. The Morgan fingerprint density at radius 2 is 1.68 bits per heavy atom. The zero-order valence-electron chi connectivity index (χ0n) is 12.7. The minimum Gasteiger partial charge on any atom is -0.289 e. The number of alkyl halides is 3. The lowest BCUT2D eigenvalue weighted by atomic mass is 10.1. The van der Waals surface area contributed by atoms with Gasteiger partial charge in [0.2, 0.25) is 11.6 Å². The molecule has 3 rings (SSSR count). The van der Waals surface area contributed by atoms with Crippen molar-refractivity contribution in [2.24, 2.45) is 0 Å². The van der Waals surface area contributed by atoms with Crippen molar-refractivity contribution in [1.29, 1.82) is 0 Å². The average molecular weight is 344 g/mol. The summed E-state index contributed by atoms with van der Waals surface area (Å²) in [5.74, 6) is -1.83. The molecule has 0 fully saturated rings. The van der Waals surface area contributed by atoms with E-state index in [9.17, 15) is 18.0 Å². The van der Waals surface area contributed by atoms with Crippen molar-refractivity contribution in [3.8, 4) is 22.8 Å². The Kier molecular flexibility index (Phi) is 4.51. The van der Waals surface area contributed by atoms with Crippen LogP contribution in [0.3, 0.4) is 0 Å². The molecule has 126 valence electrons. The fourth-order valence-electron chi connectivity index (χ4n) is 2.16. The summed E-state index contributed by atoms with van der Waals surface area (Å²) in [5, 5.41) is 7.93. The second kappa shape index (κ2) is 6.76. The molecule has 0 radical (unpaired) electrons. The van der Waals surface area contributed by atoms with Crippen LogP contribution >= 0.6 is 0 Å². The summed E-state index contributed by atoms with van der Waals surface area (Å²) >= 11 is 0. The van der Waals surface area contributed by atoms with Gasteiger partial charge in [-0.3, -0.25) is 9.78 Å². The molecule has 3 aromatic rings. The lowest BCUT2D eigenvalue weighted by Gasteiger charge is -2.10. The number of hydrogen-bond donors (Lipinski definition) is 0. The molecular formula is C17H11F3N4O. The molecule has 0 saturated carbocycles. The van der Waals surface area contributed by atoms with Crippen molar-refractivity contribution >= 4 is 5.78 Å². The molecule has 0 N–H and O–H groups in total. The number of carbonyl (C=O) groups excluding carboxylic acids is 1. The number of carbonyl (C=O) groups is 1. The monoisotopic (exact) mass is 344 g/mol. The van der Waals surface area contributed by atoms with Crippen molar-refractivity contribution in [3.63, 3.8) is 0 Å². The smallest absolute Gasteiger partial charge is 0.289 e. The van der Waals surface area contributed by atoms with Crippen molar-refractivity contribution in [2.75, 3.05) is 0 Å². The number of pyridine rings is 1. The summed E-state index contributed by atoms with van der Waals surface area (Å²) in [6, 6.07) is 13.5. The molecule has 1 aromatic carbocycles. The largest absolute Gasteiger partial charge is 0.450 e. The predicted octanol–water partition coefficient (Wildman–Crippen LogP) is 3.27. The standard InChI is InChI=1S/C17H11F3N4O/c18-17(19,20)14(25)10-13-15(11-6-2-1-3-7-11)23-24-16(22-13)12-8-4-5-9-21-12/h1-9H,10H2. The molecule has 0 amide bonds. The van der Waals surface area contributed by atoms with Crippen molar-refractivity contribution in [3.05, 3.63) is 60.4 Å². The lowest BCUT2D eigenvalue weighted by molar-refractivity contribution is -0.170. The van der Waals surface area contributed by atoms with Crippen LogP contribution in [0.2, 0.25) is 0 Å². The molecule has 0 unspecified atom stereocenters. The van der Waals surface area contributed by atoms with Crippen LogP contribution in [0.4, 0.5) is 13.2 Å². The fourth-order valence-corrected chi connectivity index (χ4v) is 2.16. The Hall–Kier alpha value is -3.16. The van der Waals surface area contributed by atoms with E-state index in [0.717, 1.165) is 0 Å². The van der Waals surface area contributed by atoms with E-state index in [1.54, 1.807) is 48.5 Å². The first-order valence-corrected chi connectivity index (χ1v) is 7.25. The quantitative estimate of drug-likeness (QED) is 0.726. The van der Waals surface area contributed by atoms with E-state index in [4.69, 9.17) is 0 Å². The van der Waals surface area contributed by atoms with Crippen LogP contribution in [0.15, 0.2) is 54.7 Å². The average Bonchev–Trinajstić information content (AvgIpc) is 2.62. The predicted molar refractivity (Wildman–Crippen MR) is 83.3 cm³/mol. The molecule has 0 bridgehead atoms. The van der Waals surface area contributed by atoms with E-state index in [1.165, 1.54) is 6.20 Å². The maximum absolute atomic E-state index is 12.7. The minimum absolute atomic E-state index is 0.0604. The van der Waals surface area contributed by atoms with Gasteiger partial charge >= 0.3 is 6.18 Å². The van der Waals surface area contributed by atoms with Crippen LogP contribution in [0, 0.1) is 0 Å². The number of Topliss-reactive ketones (excluding diaryl/α,β-unsaturated/α-hetero) is 1. The van der Waals surface area contributed by atoms with Gasteiger partial charge in [-0.2, -0.15) is 13.2 Å². The molecule has 0 spiro atoms. The summed E-state index contributed by atoms with van der Waals surface area (Å²) in [7, 11) is 0. The number of benzene rings is 1. The highest BCUT2D eigenvalue weighted by atomic mass is 19.4. The van der Waals surface area contributed by atoms with Gasteiger partial charge in [-0.25, -0.2) is 4.98 Å². The van der Waals surface area contributed by atoms with Crippen LogP contribution in [0.5, 0.6) is 0 Å². The molecule has 0 saturated heterocycles. The summed E-state index contributed by atoms with van der Waals surface area (Å²) in [5.41, 5.74) is 0.928. The molecule has 0 atom stereocenters. The van der Waals surface area contributed by atoms with Gasteiger partial charge in [-0.15, -0.1) is 10.2 Å². The number of rotatable bonds is 4. The Bertz CT molecular complexity index is 883. The van der Waals surface area contributed by atoms with Crippen molar-refractivity contribution < 1.29 is 18.0 Å². The molecule has 0 aliphatic carbocycles. The molecular weight excluding hydrogens is 333 g/mol. The first kappa shape index (κ1) is 16.7. The Labute approximate surface area is 140 Å². The van der Waals surface area contributed by atoms with Crippen LogP contribution in [0.25, 0.3) is 22.8 Å². The molecule has 5 nitrogen and oxygen atoms in total. The van der Waals surface area contributed by atoms with Gasteiger partial charge in [0.25, 0.3) is 0 Å². The maximum atomic E-state index is 12.7. The zero-order chi connectivity index (χ0) is 17.9. The van der Waals surface area contributed by atoms with Crippen LogP contribution < -0.4 is 0 Å². The highest BCUT2D eigenvalue weighted by Gasteiger charge is 2.38. The van der Waals surface area contributed by atoms with Gasteiger partial charge in [0.15, 0.2) is 0 Å². The Morgan fingerprint density at radius 1 is 0.960 bits per heavy atom. The second-order valence-corrected chi connectivity index (χ2v) is 5.11. The molecule has 8 heteroatoms. The first-order chi connectivity index (χ1) is 11.9. The Morgan fingerprint density at radius 3 is 2.32 bits per heavy atom. The van der Waals surface area contributed by atoms with Crippen LogP contribution in [0.1, 0.15) is 5.69 Å². The topological polar surface area (TPSA) is 68.6 Å². The molecule has 0 aliphatic rings. The van der Waals surface area contributed by atoms with Gasteiger partial charge in [-0.1, -0.05) is 36.4 Å². The van der Waals surface area contributed by atoms with E-state index in [-0.39, 0.29) is 17.2 Å². The van der Waals surface area contributed by atoms with E-state index in [2.05, 4.69) is 20.2 Å². The number of hydrogen-bond acceptors (Lipinski definition) is 5.